The van der Waals surface area contributed by atoms with E-state index in [1.807, 2.05) is 7.05 Å². The van der Waals surface area contributed by atoms with Gasteiger partial charge in [-0.2, -0.15) is 0 Å². The Kier molecular flexibility index (Phi) is 9.66. The summed E-state index contributed by atoms with van der Waals surface area (Å²) in [5, 5.41) is 6.92. The molecule has 0 aromatic heterocycles. The molecule has 0 amide bonds. The van der Waals surface area contributed by atoms with Crippen molar-refractivity contribution in [3.8, 4) is 0 Å². The summed E-state index contributed by atoms with van der Waals surface area (Å²) in [6.45, 7) is 8.68. The zero-order valence-electron chi connectivity index (χ0n) is 15.6. The molecule has 1 aliphatic rings. The van der Waals surface area contributed by atoms with Gasteiger partial charge in [-0.15, -0.1) is 24.0 Å². The Hall–Kier alpha value is -0.820. The van der Waals surface area contributed by atoms with Gasteiger partial charge < -0.3 is 15.5 Å². The largest absolute Gasteiger partial charge is 0.356 e. The first kappa shape index (κ1) is 21.2. The molecule has 1 aliphatic heterocycles. The maximum Gasteiger partial charge on any atom is 0.190 e. The Balaban J connectivity index is 0.00000288. The lowest BCUT2D eigenvalue weighted by atomic mass is 9.97. The number of guanidine groups is 1. The fourth-order valence-electron chi connectivity index (χ4n) is 3.27. The summed E-state index contributed by atoms with van der Waals surface area (Å²) in [5.41, 5.74) is 4.07. The van der Waals surface area contributed by atoms with E-state index in [-0.39, 0.29) is 24.0 Å². The van der Waals surface area contributed by atoms with Crippen molar-refractivity contribution in [3.63, 3.8) is 0 Å². The maximum absolute atomic E-state index is 4.34. The number of hydrogen-bond acceptors (Lipinski definition) is 2. The second kappa shape index (κ2) is 10.9. The first-order chi connectivity index (χ1) is 11.1. The Labute approximate surface area is 164 Å². The van der Waals surface area contributed by atoms with Gasteiger partial charge >= 0.3 is 0 Å². The summed E-state index contributed by atoms with van der Waals surface area (Å²) < 4.78 is 0. The van der Waals surface area contributed by atoms with Crippen molar-refractivity contribution in [3.05, 3.63) is 34.9 Å². The van der Waals surface area contributed by atoms with E-state index in [0.29, 0.717) is 0 Å². The van der Waals surface area contributed by atoms with Crippen LogP contribution in [0.3, 0.4) is 0 Å². The van der Waals surface area contributed by atoms with Crippen LogP contribution in [0.15, 0.2) is 23.2 Å². The fraction of sp³-hybridized carbons (Fsp3) is 0.632. The van der Waals surface area contributed by atoms with Crippen LogP contribution in [0, 0.1) is 19.8 Å². The Morgan fingerprint density at radius 3 is 2.33 bits per heavy atom. The van der Waals surface area contributed by atoms with Crippen LogP contribution in [0.5, 0.6) is 0 Å². The molecule has 1 heterocycles. The van der Waals surface area contributed by atoms with Crippen LogP contribution in [-0.2, 0) is 6.42 Å². The zero-order chi connectivity index (χ0) is 16.7. The summed E-state index contributed by atoms with van der Waals surface area (Å²) in [4.78, 5) is 6.75. The minimum absolute atomic E-state index is 0. The number of rotatable bonds is 5. The van der Waals surface area contributed by atoms with Crippen molar-refractivity contribution < 1.29 is 0 Å². The number of likely N-dealkylation sites (tertiary alicyclic amines) is 1. The molecule has 1 saturated heterocycles. The third kappa shape index (κ3) is 7.38. The lowest BCUT2D eigenvalue weighted by Crippen LogP contribution is -2.42. The monoisotopic (exact) mass is 444 g/mol. The molecule has 0 saturated carbocycles. The summed E-state index contributed by atoms with van der Waals surface area (Å²) in [6.07, 6.45) is 3.59. The van der Waals surface area contributed by atoms with E-state index in [4.69, 9.17) is 0 Å². The van der Waals surface area contributed by atoms with Gasteiger partial charge in [0.05, 0.1) is 0 Å². The summed E-state index contributed by atoms with van der Waals surface area (Å²) >= 11 is 0. The molecule has 0 aliphatic carbocycles. The molecular weight excluding hydrogens is 411 g/mol. The number of nitrogens with zero attached hydrogens (tertiary/aromatic N) is 2. The average Bonchev–Trinajstić information content (AvgIpc) is 2.51. The zero-order valence-corrected chi connectivity index (χ0v) is 17.9. The number of aliphatic imine (C=N–C) groups is 1. The first-order valence-electron chi connectivity index (χ1n) is 8.77. The van der Waals surface area contributed by atoms with Crippen LogP contribution in [0.25, 0.3) is 0 Å². The average molecular weight is 444 g/mol. The van der Waals surface area contributed by atoms with Gasteiger partial charge in [0.1, 0.15) is 0 Å². The van der Waals surface area contributed by atoms with Crippen LogP contribution in [0.1, 0.15) is 29.5 Å². The second-order valence-electron chi connectivity index (χ2n) is 6.87. The molecule has 136 valence electrons. The third-order valence-corrected chi connectivity index (χ3v) is 4.61. The number of nitrogens with one attached hydrogen (secondary N) is 2. The number of hydrogen-bond donors (Lipinski definition) is 2. The van der Waals surface area contributed by atoms with Crippen LogP contribution in [0.4, 0.5) is 0 Å². The highest BCUT2D eigenvalue weighted by Gasteiger charge is 2.16. The van der Waals surface area contributed by atoms with Crippen molar-refractivity contribution in [2.45, 2.75) is 33.1 Å². The molecule has 0 atom stereocenters. The second-order valence-corrected chi connectivity index (χ2v) is 6.87. The van der Waals surface area contributed by atoms with Crippen LogP contribution in [0.2, 0.25) is 0 Å². The van der Waals surface area contributed by atoms with Gasteiger partial charge in [-0.3, -0.25) is 4.99 Å². The fourth-order valence-corrected chi connectivity index (χ4v) is 3.27. The highest BCUT2D eigenvalue weighted by molar-refractivity contribution is 14.0. The van der Waals surface area contributed by atoms with E-state index < -0.39 is 0 Å². The van der Waals surface area contributed by atoms with Gasteiger partial charge in [0.15, 0.2) is 5.96 Å². The predicted octanol–water partition coefficient (Wildman–Crippen LogP) is 2.97. The van der Waals surface area contributed by atoms with Crippen molar-refractivity contribution in [1.29, 1.82) is 0 Å². The van der Waals surface area contributed by atoms with Gasteiger partial charge in [0, 0.05) is 20.1 Å². The van der Waals surface area contributed by atoms with Crippen molar-refractivity contribution in [2.75, 3.05) is 40.3 Å². The normalized spacial score (nSPS) is 16.6. The standard InChI is InChI=1S/C19H32N4.HI/c1-15-11-16(2)13-18(12-15)5-8-21-19(20-3)22-14-17-6-9-23(4)10-7-17;/h11-13,17H,5-10,14H2,1-4H3,(H2,20,21,22);1H. The molecule has 0 unspecified atom stereocenters. The minimum Gasteiger partial charge on any atom is -0.356 e. The molecule has 1 aromatic rings. The SMILES string of the molecule is CN=C(NCCc1cc(C)cc(C)c1)NCC1CCN(C)CC1.I. The summed E-state index contributed by atoms with van der Waals surface area (Å²) in [5.74, 6) is 1.69. The summed E-state index contributed by atoms with van der Waals surface area (Å²) in [6, 6.07) is 6.76. The van der Waals surface area contributed by atoms with E-state index >= 15 is 0 Å². The molecule has 0 radical (unpaired) electrons. The highest BCUT2D eigenvalue weighted by atomic mass is 127. The van der Waals surface area contributed by atoms with Crippen molar-refractivity contribution in [1.82, 2.24) is 15.5 Å². The first-order valence-corrected chi connectivity index (χ1v) is 8.77. The van der Waals surface area contributed by atoms with E-state index in [1.54, 1.807) is 0 Å². The third-order valence-electron chi connectivity index (χ3n) is 4.61. The molecule has 0 spiro atoms. The highest BCUT2D eigenvalue weighted by Crippen LogP contribution is 2.14. The Morgan fingerprint density at radius 2 is 1.75 bits per heavy atom. The lowest BCUT2D eigenvalue weighted by molar-refractivity contribution is 0.220. The van der Waals surface area contributed by atoms with E-state index in [0.717, 1.165) is 31.4 Å². The molecule has 0 bridgehead atoms. The van der Waals surface area contributed by atoms with E-state index in [1.165, 1.54) is 42.6 Å². The Morgan fingerprint density at radius 1 is 1.12 bits per heavy atom. The molecule has 1 fully saturated rings. The topological polar surface area (TPSA) is 39.7 Å². The van der Waals surface area contributed by atoms with Crippen LogP contribution >= 0.6 is 24.0 Å². The van der Waals surface area contributed by atoms with Crippen molar-refractivity contribution in [2.24, 2.45) is 10.9 Å². The quantitative estimate of drug-likeness (QED) is 0.417. The van der Waals surface area contributed by atoms with E-state index in [2.05, 4.69) is 59.6 Å². The smallest absolute Gasteiger partial charge is 0.190 e. The Bertz CT molecular complexity index is 502. The number of aryl methyl sites for hydroxylation is 2. The minimum atomic E-state index is 0. The van der Waals surface area contributed by atoms with Crippen LogP contribution < -0.4 is 10.6 Å². The number of benzene rings is 1. The summed E-state index contributed by atoms with van der Waals surface area (Å²) in [7, 11) is 4.05. The van der Waals surface area contributed by atoms with Gasteiger partial charge in [-0.25, -0.2) is 0 Å². The molecule has 4 nitrogen and oxygen atoms in total. The predicted molar refractivity (Wildman–Crippen MR) is 115 cm³/mol. The van der Waals surface area contributed by atoms with Gasteiger partial charge in [-0.1, -0.05) is 29.3 Å². The molecule has 2 rings (SSSR count). The molecule has 2 N–H and O–H groups in total. The molecule has 1 aromatic carbocycles. The molecule has 5 heteroatoms. The van der Waals surface area contributed by atoms with E-state index in [9.17, 15) is 0 Å². The number of piperidine rings is 1. The maximum atomic E-state index is 4.34. The van der Waals surface area contributed by atoms with Gasteiger partial charge in [0.25, 0.3) is 0 Å². The van der Waals surface area contributed by atoms with Crippen molar-refractivity contribution >= 4 is 29.9 Å². The molecule has 24 heavy (non-hydrogen) atoms. The molecular formula is C19H33IN4. The lowest BCUT2D eigenvalue weighted by Gasteiger charge is -2.29. The van der Waals surface area contributed by atoms with Gasteiger partial charge in [0.2, 0.25) is 0 Å². The van der Waals surface area contributed by atoms with Gasteiger partial charge in [-0.05, 0) is 64.7 Å². The van der Waals surface area contributed by atoms with Crippen LogP contribution in [-0.4, -0.2) is 51.1 Å². The number of halogens is 1.